The molecule has 1 heterocycles. The summed E-state index contributed by atoms with van der Waals surface area (Å²) in [4.78, 5) is 0. The third-order valence-corrected chi connectivity index (χ3v) is 7.22. The van der Waals surface area contributed by atoms with Gasteiger partial charge in [-0.3, -0.25) is 0 Å². The highest BCUT2D eigenvalue weighted by Gasteiger charge is 2.46. The lowest BCUT2D eigenvalue weighted by Gasteiger charge is -2.43. The fourth-order valence-corrected chi connectivity index (χ4v) is 5.03. The molecule has 0 saturated carbocycles. The van der Waals surface area contributed by atoms with Crippen LogP contribution in [-0.2, 0) is 50.1 Å². The quantitative estimate of drug-likeness (QED) is 0.144. The Bertz CT molecular complexity index is 1490. The molecule has 0 N–H and O–H groups in total. The van der Waals surface area contributed by atoms with E-state index in [2.05, 4.69) is 0 Å². The molecule has 44 heavy (non-hydrogen) atoms. The Kier molecular flexibility index (Phi) is 11.9. The Morgan fingerprint density at radius 3 is 1.55 bits per heavy atom. The molecule has 0 unspecified atom stereocenters. The number of benzene rings is 4. The lowest BCUT2D eigenvalue weighted by Crippen LogP contribution is -2.56. The van der Waals surface area contributed by atoms with Gasteiger partial charge in [0.2, 0.25) is 0 Å². The summed E-state index contributed by atoms with van der Waals surface area (Å²) in [6.07, 6.45) is 2.68. The van der Waals surface area contributed by atoms with Gasteiger partial charge in [-0.15, -0.1) is 0 Å². The van der Waals surface area contributed by atoms with Crippen molar-refractivity contribution < 1.29 is 23.7 Å². The molecule has 6 heteroatoms. The molecule has 1 aliphatic heterocycles. The summed E-state index contributed by atoms with van der Waals surface area (Å²) < 4.78 is 32.7. The Balaban J connectivity index is 1.45. The van der Waals surface area contributed by atoms with E-state index in [1.165, 1.54) is 6.08 Å². The van der Waals surface area contributed by atoms with E-state index in [0.717, 1.165) is 22.3 Å². The maximum atomic E-state index is 9.17. The van der Waals surface area contributed by atoms with Gasteiger partial charge in [-0.25, -0.2) is 0 Å². The summed E-state index contributed by atoms with van der Waals surface area (Å²) in [5, 5.41) is 9.17. The van der Waals surface area contributed by atoms with E-state index in [1.807, 2.05) is 127 Å². The zero-order valence-electron chi connectivity index (χ0n) is 24.6. The molecule has 0 aromatic heterocycles. The van der Waals surface area contributed by atoms with Crippen molar-refractivity contribution in [2.24, 2.45) is 0 Å². The summed E-state index contributed by atoms with van der Waals surface area (Å²) >= 11 is 0. The van der Waals surface area contributed by atoms with Crippen LogP contribution in [-0.4, -0.2) is 31.0 Å². The van der Waals surface area contributed by atoms with Crippen LogP contribution in [0.25, 0.3) is 0 Å². The largest absolute Gasteiger partial charge is 0.487 e. The normalized spacial score (nSPS) is 20.8. The third-order valence-electron chi connectivity index (χ3n) is 7.22. The second-order valence-corrected chi connectivity index (χ2v) is 10.5. The Morgan fingerprint density at radius 2 is 1.05 bits per heavy atom. The molecule has 0 aliphatic carbocycles. The van der Waals surface area contributed by atoms with Gasteiger partial charge in [-0.1, -0.05) is 121 Å². The predicted molar refractivity (Wildman–Crippen MR) is 169 cm³/mol. The van der Waals surface area contributed by atoms with Crippen LogP contribution in [0.3, 0.4) is 0 Å². The Hall–Kier alpha value is -4.51. The smallest absolute Gasteiger partial charge is 0.150 e. The minimum atomic E-state index is -0.603. The maximum Gasteiger partial charge on any atom is 0.150 e. The van der Waals surface area contributed by atoms with Crippen LogP contribution >= 0.6 is 0 Å². The molecule has 6 nitrogen and oxygen atoms in total. The van der Waals surface area contributed by atoms with Crippen molar-refractivity contribution in [3.8, 4) is 6.07 Å². The van der Waals surface area contributed by atoms with Crippen molar-refractivity contribution in [1.82, 2.24) is 0 Å². The average Bonchev–Trinajstić information content (AvgIpc) is 3.08. The van der Waals surface area contributed by atoms with Gasteiger partial charge >= 0.3 is 0 Å². The van der Waals surface area contributed by atoms with Crippen LogP contribution < -0.4 is 0 Å². The number of hydrogen-bond acceptors (Lipinski definition) is 6. The van der Waals surface area contributed by atoms with Gasteiger partial charge in [0, 0.05) is 6.08 Å². The number of allylic oxidation sites excluding steroid dienone is 3. The van der Waals surface area contributed by atoms with Crippen LogP contribution in [0.4, 0.5) is 0 Å². The van der Waals surface area contributed by atoms with Gasteiger partial charge in [-0.05, 0) is 34.4 Å². The van der Waals surface area contributed by atoms with Crippen molar-refractivity contribution in [3.05, 3.63) is 168 Å². The first-order valence-electron chi connectivity index (χ1n) is 14.8. The van der Waals surface area contributed by atoms with Crippen LogP contribution in [0.15, 0.2) is 145 Å². The first-order chi connectivity index (χ1) is 21.8. The van der Waals surface area contributed by atoms with Crippen LogP contribution in [0.1, 0.15) is 22.3 Å². The summed E-state index contributed by atoms with van der Waals surface area (Å²) in [6, 6.07) is 42.1. The number of nitrogens with zero attached hydrogens (tertiary/aromatic N) is 1. The topological polar surface area (TPSA) is 69.9 Å². The van der Waals surface area contributed by atoms with Gasteiger partial charge in [-0.2, -0.15) is 5.26 Å². The SMILES string of the molecule is N#C/C=C/C=C1\O[C@H](COCc2ccccc2)[C@@H](OCc2ccccc2)[C@H](OCc2ccccc2)[C@H]1OCc1ccccc1. The second kappa shape index (κ2) is 17.0. The summed E-state index contributed by atoms with van der Waals surface area (Å²) in [5.74, 6) is 0.554. The molecular formula is C38H37NO5. The fourth-order valence-electron chi connectivity index (χ4n) is 5.03. The van der Waals surface area contributed by atoms with Gasteiger partial charge in [0.25, 0.3) is 0 Å². The maximum absolute atomic E-state index is 9.17. The molecule has 5 rings (SSSR count). The molecule has 224 valence electrons. The van der Waals surface area contributed by atoms with E-state index in [9.17, 15) is 0 Å². The van der Waals surface area contributed by atoms with Crippen LogP contribution in [0, 0.1) is 11.3 Å². The Labute approximate surface area is 259 Å². The van der Waals surface area contributed by atoms with E-state index in [1.54, 1.807) is 12.2 Å². The van der Waals surface area contributed by atoms with Gasteiger partial charge in [0.05, 0.1) is 39.1 Å². The molecule has 0 bridgehead atoms. The van der Waals surface area contributed by atoms with Crippen molar-refractivity contribution >= 4 is 0 Å². The van der Waals surface area contributed by atoms with Gasteiger partial charge < -0.3 is 23.7 Å². The van der Waals surface area contributed by atoms with Crippen molar-refractivity contribution in [2.45, 2.75) is 50.8 Å². The fraction of sp³-hybridized carbons (Fsp3) is 0.237. The zero-order valence-corrected chi connectivity index (χ0v) is 24.6. The van der Waals surface area contributed by atoms with Gasteiger partial charge in [0.15, 0.2) is 6.10 Å². The van der Waals surface area contributed by atoms with Crippen LogP contribution in [0.2, 0.25) is 0 Å². The first-order valence-corrected chi connectivity index (χ1v) is 14.8. The average molecular weight is 588 g/mol. The van der Waals surface area contributed by atoms with E-state index < -0.39 is 24.4 Å². The van der Waals surface area contributed by atoms with E-state index >= 15 is 0 Å². The molecular weight excluding hydrogens is 550 g/mol. The number of hydrogen-bond donors (Lipinski definition) is 0. The lowest BCUT2D eigenvalue weighted by molar-refractivity contribution is -0.223. The molecule has 4 aromatic rings. The molecule has 4 atom stereocenters. The molecule has 1 aliphatic rings. The number of rotatable bonds is 14. The highest BCUT2D eigenvalue weighted by atomic mass is 16.6. The molecule has 4 aromatic carbocycles. The number of ether oxygens (including phenoxy) is 5. The monoisotopic (exact) mass is 587 g/mol. The van der Waals surface area contributed by atoms with Crippen molar-refractivity contribution in [3.63, 3.8) is 0 Å². The highest BCUT2D eigenvalue weighted by molar-refractivity contribution is 5.22. The highest BCUT2D eigenvalue weighted by Crippen LogP contribution is 2.33. The van der Waals surface area contributed by atoms with Crippen molar-refractivity contribution in [2.75, 3.05) is 6.61 Å². The van der Waals surface area contributed by atoms with E-state index in [-0.39, 0.29) is 6.61 Å². The second-order valence-electron chi connectivity index (χ2n) is 10.5. The third kappa shape index (κ3) is 9.24. The summed E-state index contributed by atoms with van der Waals surface area (Å²) in [7, 11) is 0. The lowest BCUT2D eigenvalue weighted by atomic mass is 9.96. The van der Waals surface area contributed by atoms with Crippen molar-refractivity contribution in [1.29, 1.82) is 5.26 Å². The standard InChI is InChI=1S/C38H37NO5/c39-24-14-13-23-34-36(41-26-31-17-7-2-8-18-31)38(43-28-33-21-11-4-12-22-33)37(42-27-32-19-9-3-10-20-32)35(44-34)29-40-25-30-15-5-1-6-16-30/h1-23,35-38H,25-29H2/b14-13+,34-23-/t35-,36+,37-,38-/m1/s1. The molecule has 0 amide bonds. The first kappa shape index (κ1) is 30.9. The number of nitriles is 1. The summed E-state index contributed by atoms with van der Waals surface area (Å²) in [6.45, 7) is 1.78. The Morgan fingerprint density at radius 1 is 0.591 bits per heavy atom. The molecule has 1 fully saturated rings. The minimum Gasteiger partial charge on any atom is -0.487 e. The summed E-state index contributed by atoms with van der Waals surface area (Å²) in [5.41, 5.74) is 4.17. The molecule has 0 spiro atoms. The molecule has 1 saturated heterocycles. The van der Waals surface area contributed by atoms with E-state index in [4.69, 9.17) is 28.9 Å². The van der Waals surface area contributed by atoms with Gasteiger partial charge in [0.1, 0.15) is 24.1 Å². The predicted octanol–water partition coefficient (Wildman–Crippen LogP) is 7.32. The molecule has 0 radical (unpaired) electrons. The minimum absolute atomic E-state index is 0.268. The van der Waals surface area contributed by atoms with E-state index in [0.29, 0.717) is 32.2 Å². The van der Waals surface area contributed by atoms with Crippen LogP contribution in [0.5, 0.6) is 0 Å². The zero-order chi connectivity index (χ0) is 30.2.